The van der Waals surface area contributed by atoms with Gasteiger partial charge in [-0.15, -0.1) is 0 Å². The van der Waals surface area contributed by atoms with Crippen molar-refractivity contribution in [2.45, 2.75) is 52.2 Å². The Morgan fingerprint density at radius 2 is 1.90 bits per heavy atom. The van der Waals surface area contributed by atoms with Gasteiger partial charge < -0.3 is 9.84 Å². The molecule has 2 unspecified atom stereocenters. The van der Waals surface area contributed by atoms with Crippen LogP contribution in [0.4, 0.5) is 5.69 Å². The Morgan fingerprint density at radius 3 is 2.43 bits per heavy atom. The minimum Gasteiger partial charge on any atom is -0.490 e. The topological polar surface area (TPSA) is 72.6 Å². The normalized spacial score (nSPS) is 27.1. The van der Waals surface area contributed by atoms with Crippen molar-refractivity contribution >= 4 is 5.69 Å². The second kappa shape index (κ2) is 6.43. The van der Waals surface area contributed by atoms with Crippen LogP contribution >= 0.6 is 0 Å². The zero-order valence-electron chi connectivity index (χ0n) is 12.8. The molecule has 116 valence electrons. The molecule has 1 fully saturated rings. The van der Waals surface area contributed by atoms with Crippen molar-refractivity contribution in [3.05, 3.63) is 33.9 Å². The number of rotatable bonds is 4. The Kier molecular flexibility index (Phi) is 4.83. The molecule has 1 aromatic carbocycles. The average Bonchev–Trinajstić information content (AvgIpc) is 2.37. The summed E-state index contributed by atoms with van der Waals surface area (Å²) < 4.78 is 6.04. The summed E-state index contributed by atoms with van der Waals surface area (Å²) in [6.45, 7) is 6.03. The second-order valence-electron chi connectivity index (χ2n) is 6.31. The van der Waals surface area contributed by atoms with E-state index in [-0.39, 0.29) is 11.8 Å². The molecule has 1 aliphatic rings. The summed E-state index contributed by atoms with van der Waals surface area (Å²) in [5.41, 5.74) is 0.457. The summed E-state index contributed by atoms with van der Waals surface area (Å²) in [6.07, 6.45) is 2.51. The number of ether oxygens (including phenoxy) is 1. The third-order valence-electron chi connectivity index (χ3n) is 4.08. The smallest absolute Gasteiger partial charge is 0.270 e. The number of non-ortho nitro benzene ring substituents is 1. The third kappa shape index (κ3) is 3.94. The first-order chi connectivity index (χ1) is 9.86. The van der Waals surface area contributed by atoms with E-state index in [1.54, 1.807) is 13.0 Å². The van der Waals surface area contributed by atoms with Gasteiger partial charge in [0.15, 0.2) is 0 Å². The molecule has 0 aliphatic heterocycles. The van der Waals surface area contributed by atoms with Gasteiger partial charge in [0.05, 0.1) is 17.1 Å². The predicted molar refractivity (Wildman–Crippen MR) is 80.3 cm³/mol. The number of nitro benzene ring substituents is 1. The summed E-state index contributed by atoms with van der Waals surface area (Å²) in [5, 5.41) is 20.7. The summed E-state index contributed by atoms with van der Waals surface area (Å²) in [7, 11) is 0. The Hall–Kier alpha value is -1.62. The molecule has 1 aliphatic carbocycles. The SMILES string of the molecule is CC1CC(C)CC(Oc2ccc([N+](=O)[O-])cc2[C@H](C)O)C1. The zero-order valence-corrected chi connectivity index (χ0v) is 12.8. The number of hydrogen-bond donors (Lipinski definition) is 1. The fraction of sp³-hybridized carbons (Fsp3) is 0.625. The lowest BCUT2D eigenvalue weighted by molar-refractivity contribution is -0.385. The first kappa shape index (κ1) is 15.8. The van der Waals surface area contributed by atoms with Crippen molar-refractivity contribution in [1.29, 1.82) is 0 Å². The van der Waals surface area contributed by atoms with Crippen LogP contribution in [0.1, 0.15) is 51.7 Å². The summed E-state index contributed by atoms with van der Waals surface area (Å²) in [5.74, 6) is 1.79. The minimum absolute atomic E-state index is 0.0244. The lowest BCUT2D eigenvalue weighted by atomic mass is 9.82. The van der Waals surface area contributed by atoms with Gasteiger partial charge in [0.1, 0.15) is 5.75 Å². The van der Waals surface area contributed by atoms with Crippen LogP contribution in [0.3, 0.4) is 0 Å². The minimum atomic E-state index is -0.793. The molecule has 0 bridgehead atoms. The summed E-state index contributed by atoms with van der Waals surface area (Å²) in [6, 6.07) is 4.43. The molecule has 0 spiro atoms. The van der Waals surface area contributed by atoms with Gasteiger partial charge in [0, 0.05) is 17.7 Å². The van der Waals surface area contributed by atoms with E-state index in [0.717, 1.165) is 12.8 Å². The van der Waals surface area contributed by atoms with Gasteiger partial charge >= 0.3 is 0 Å². The highest BCUT2D eigenvalue weighted by molar-refractivity contribution is 5.45. The lowest BCUT2D eigenvalue weighted by Crippen LogP contribution is -2.28. The maximum absolute atomic E-state index is 10.8. The van der Waals surface area contributed by atoms with Gasteiger partial charge in [0.2, 0.25) is 0 Å². The fourth-order valence-electron chi connectivity index (χ4n) is 3.23. The van der Waals surface area contributed by atoms with Gasteiger partial charge in [-0.05, 0) is 44.1 Å². The molecule has 3 atom stereocenters. The monoisotopic (exact) mass is 293 g/mol. The highest BCUT2D eigenvalue weighted by Gasteiger charge is 2.26. The molecule has 0 amide bonds. The van der Waals surface area contributed by atoms with Gasteiger partial charge in [0.25, 0.3) is 5.69 Å². The van der Waals surface area contributed by atoms with Crippen molar-refractivity contribution < 1.29 is 14.8 Å². The number of aliphatic hydroxyl groups is 1. The van der Waals surface area contributed by atoms with Crippen LogP contribution in [0.15, 0.2) is 18.2 Å². The first-order valence-electron chi connectivity index (χ1n) is 7.50. The van der Waals surface area contributed by atoms with Crippen molar-refractivity contribution in [1.82, 2.24) is 0 Å². The largest absolute Gasteiger partial charge is 0.490 e. The summed E-state index contributed by atoms with van der Waals surface area (Å²) in [4.78, 5) is 10.4. The van der Waals surface area contributed by atoms with Gasteiger partial charge in [-0.2, -0.15) is 0 Å². The van der Waals surface area contributed by atoms with Crippen LogP contribution in [-0.2, 0) is 0 Å². The van der Waals surface area contributed by atoms with Crippen molar-refractivity contribution in [2.24, 2.45) is 11.8 Å². The molecular formula is C16H23NO4. The van der Waals surface area contributed by atoms with E-state index in [1.807, 2.05) is 0 Å². The Labute approximate surface area is 125 Å². The number of benzene rings is 1. The predicted octanol–water partition coefficient (Wildman–Crippen LogP) is 3.85. The highest BCUT2D eigenvalue weighted by atomic mass is 16.6. The molecule has 0 heterocycles. The standard InChI is InChI=1S/C16H23NO4/c1-10-6-11(2)8-14(7-10)21-16-5-4-13(17(19)20)9-15(16)12(3)18/h4-5,9-12,14,18H,6-8H2,1-3H3/t10?,11?,12-,14?/m0/s1. The van der Waals surface area contributed by atoms with E-state index in [0.29, 0.717) is 23.1 Å². The molecule has 0 saturated heterocycles. The van der Waals surface area contributed by atoms with E-state index in [1.165, 1.54) is 18.6 Å². The van der Waals surface area contributed by atoms with Gasteiger partial charge in [-0.3, -0.25) is 10.1 Å². The quantitative estimate of drug-likeness (QED) is 0.676. The van der Waals surface area contributed by atoms with Crippen LogP contribution in [0.2, 0.25) is 0 Å². The molecule has 1 saturated carbocycles. The molecule has 1 N–H and O–H groups in total. The fourth-order valence-corrected chi connectivity index (χ4v) is 3.23. The third-order valence-corrected chi connectivity index (χ3v) is 4.08. The molecular weight excluding hydrogens is 270 g/mol. The number of aliphatic hydroxyl groups excluding tert-OH is 1. The van der Waals surface area contributed by atoms with E-state index in [4.69, 9.17) is 4.74 Å². The van der Waals surface area contributed by atoms with Gasteiger partial charge in [-0.25, -0.2) is 0 Å². The van der Waals surface area contributed by atoms with Crippen LogP contribution < -0.4 is 4.74 Å². The maximum atomic E-state index is 10.8. The van der Waals surface area contributed by atoms with Crippen molar-refractivity contribution in [2.75, 3.05) is 0 Å². The molecule has 21 heavy (non-hydrogen) atoms. The first-order valence-corrected chi connectivity index (χ1v) is 7.50. The molecule has 5 heteroatoms. The number of nitro groups is 1. The van der Waals surface area contributed by atoms with E-state index in [2.05, 4.69) is 13.8 Å². The Balaban J connectivity index is 2.21. The summed E-state index contributed by atoms with van der Waals surface area (Å²) >= 11 is 0. The maximum Gasteiger partial charge on any atom is 0.270 e. The van der Waals surface area contributed by atoms with E-state index >= 15 is 0 Å². The van der Waals surface area contributed by atoms with Crippen LogP contribution in [0.25, 0.3) is 0 Å². The molecule has 1 aromatic rings. The molecule has 5 nitrogen and oxygen atoms in total. The molecule has 0 radical (unpaired) electrons. The highest BCUT2D eigenvalue weighted by Crippen LogP contribution is 2.35. The zero-order chi connectivity index (χ0) is 15.6. The van der Waals surface area contributed by atoms with E-state index < -0.39 is 11.0 Å². The number of nitrogens with zero attached hydrogens (tertiary/aromatic N) is 1. The van der Waals surface area contributed by atoms with Crippen LogP contribution in [-0.4, -0.2) is 16.1 Å². The van der Waals surface area contributed by atoms with Gasteiger partial charge in [-0.1, -0.05) is 13.8 Å². The van der Waals surface area contributed by atoms with Crippen molar-refractivity contribution in [3.8, 4) is 5.75 Å². The van der Waals surface area contributed by atoms with Crippen molar-refractivity contribution in [3.63, 3.8) is 0 Å². The second-order valence-corrected chi connectivity index (χ2v) is 6.31. The average molecular weight is 293 g/mol. The van der Waals surface area contributed by atoms with E-state index in [9.17, 15) is 15.2 Å². The lowest BCUT2D eigenvalue weighted by Gasteiger charge is -2.32. The Bertz CT molecular complexity index is 505. The van der Waals surface area contributed by atoms with Crippen LogP contribution in [0.5, 0.6) is 5.75 Å². The molecule has 2 rings (SSSR count). The van der Waals surface area contributed by atoms with Crippen LogP contribution in [0, 0.1) is 22.0 Å². The number of hydrogen-bond acceptors (Lipinski definition) is 4. The Morgan fingerprint density at radius 1 is 1.29 bits per heavy atom. The molecule has 0 aromatic heterocycles.